The zero-order chi connectivity index (χ0) is 23.5. The number of aryl methyl sites for hydroxylation is 1. The molecule has 8 nitrogen and oxygen atoms in total. The maximum atomic E-state index is 14.3. The molecular weight excluding hydrogens is 435 g/mol. The quantitative estimate of drug-likeness (QED) is 0.677. The van der Waals surface area contributed by atoms with E-state index in [0.717, 1.165) is 24.4 Å². The fraction of sp³-hybridized carbons (Fsp3) is 0.500. The highest BCUT2D eigenvalue weighted by molar-refractivity contribution is 7.10. The van der Waals surface area contributed by atoms with Gasteiger partial charge in [0, 0.05) is 30.8 Å². The molecule has 0 spiro atoms. The van der Waals surface area contributed by atoms with Crippen LogP contribution in [0.3, 0.4) is 0 Å². The maximum absolute atomic E-state index is 14.3. The summed E-state index contributed by atoms with van der Waals surface area (Å²) in [7, 11) is 0. The SMILES string of the molecule is Cc1nsc(N)c1C(=O)Nc1ccc(F)c(OCC2CCCN(C(=O)OC(C)(C)C)C2)c1. The third kappa shape index (κ3) is 6.09. The van der Waals surface area contributed by atoms with Crippen molar-refractivity contribution in [1.29, 1.82) is 0 Å². The summed E-state index contributed by atoms with van der Waals surface area (Å²) in [6, 6.07) is 4.13. The molecule has 3 rings (SSSR count). The summed E-state index contributed by atoms with van der Waals surface area (Å²) < 4.78 is 29.5. The molecule has 1 aromatic heterocycles. The Hall–Kier alpha value is -2.88. The van der Waals surface area contributed by atoms with E-state index in [9.17, 15) is 14.0 Å². The molecule has 2 heterocycles. The second kappa shape index (κ2) is 9.72. The molecule has 0 radical (unpaired) electrons. The number of nitrogen functional groups attached to an aromatic ring is 1. The fourth-order valence-corrected chi connectivity index (χ4v) is 4.11. The molecule has 0 bridgehead atoms. The third-order valence-corrected chi connectivity index (χ3v) is 5.72. The third-order valence-electron chi connectivity index (χ3n) is 4.95. The number of piperidine rings is 1. The molecule has 10 heteroatoms. The Morgan fingerprint density at radius 2 is 2.12 bits per heavy atom. The first-order valence-corrected chi connectivity index (χ1v) is 11.2. The molecule has 0 aliphatic carbocycles. The van der Waals surface area contributed by atoms with Crippen molar-refractivity contribution >= 4 is 34.2 Å². The number of amides is 2. The van der Waals surface area contributed by atoms with E-state index in [0.29, 0.717) is 35.0 Å². The standard InChI is InChI=1S/C22H29FN4O4S/c1-13-18(19(24)32-26-13)20(28)25-15-7-8-16(23)17(10-15)30-12-14-6-5-9-27(11-14)21(29)31-22(2,3)4/h7-8,10,14H,5-6,9,11-12,24H2,1-4H3,(H,25,28). The number of carbonyl (C=O) groups is 2. The number of aromatic nitrogens is 1. The van der Waals surface area contributed by atoms with E-state index in [1.165, 1.54) is 18.2 Å². The van der Waals surface area contributed by atoms with E-state index < -0.39 is 17.3 Å². The second-order valence-electron chi connectivity index (χ2n) is 8.85. The van der Waals surface area contributed by atoms with Crippen LogP contribution in [0.4, 0.5) is 19.9 Å². The summed E-state index contributed by atoms with van der Waals surface area (Å²) >= 11 is 1.05. The van der Waals surface area contributed by atoms with Crippen molar-refractivity contribution in [3.8, 4) is 5.75 Å². The summed E-state index contributed by atoms with van der Waals surface area (Å²) in [6.07, 6.45) is 1.33. The van der Waals surface area contributed by atoms with Gasteiger partial charge >= 0.3 is 6.09 Å². The highest BCUT2D eigenvalue weighted by Gasteiger charge is 2.28. The van der Waals surface area contributed by atoms with Crippen molar-refractivity contribution in [2.45, 2.75) is 46.1 Å². The van der Waals surface area contributed by atoms with E-state index in [4.69, 9.17) is 15.2 Å². The summed E-state index contributed by atoms with van der Waals surface area (Å²) in [4.78, 5) is 26.5. The summed E-state index contributed by atoms with van der Waals surface area (Å²) in [5, 5.41) is 3.03. The van der Waals surface area contributed by atoms with E-state index in [1.54, 1.807) is 11.8 Å². The first-order valence-electron chi connectivity index (χ1n) is 10.5. The number of benzene rings is 1. The molecule has 174 valence electrons. The number of hydrogen-bond acceptors (Lipinski definition) is 7. The van der Waals surface area contributed by atoms with E-state index >= 15 is 0 Å². The van der Waals surface area contributed by atoms with E-state index in [1.807, 2.05) is 20.8 Å². The topological polar surface area (TPSA) is 107 Å². The van der Waals surface area contributed by atoms with Crippen LogP contribution >= 0.6 is 11.5 Å². The van der Waals surface area contributed by atoms with Gasteiger partial charge in [0.15, 0.2) is 11.6 Å². The number of halogens is 1. The number of nitrogens with one attached hydrogen (secondary N) is 1. The van der Waals surface area contributed by atoms with Crippen molar-refractivity contribution < 1.29 is 23.5 Å². The number of likely N-dealkylation sites (tertiary alicyclic amines) is 1. The summed E-state index contributed by atoms with van der Waals surface area (Å²) in [5.41, 5.74) is 6.49. The molecule has 0 saturated carbocycles. The normalized spacial score (nSPS) is 16.5. The number of hydrogen-bond donors (Lipinski definition) is 2. The Labute approximate surface area is 191 Å². The van der Waals surface area contributed by atoms with Crippen LogP contribution in [0.15, 0.2) is 18.2 Å². The van der Waals surface area contributed by atoms with Crippen LogP contribution in [0.2, 0.25) is 0 Å². The predicted octanol–water partition coefficient (Wildman–Crippen LogP) is 4.45. The van der Waals surface area contributed by atoms with Crippen LogP contribution in [0, 0.1) is 18.7 Å². The molecule has 1 fully saturated rings. The Balaban J connectivity index is 1.60. The summed E-state index contributed by atoms with van der Waals surface area (Å²) in [6.45, 7) is 8.54. The first-order chi connectivity index (χ1) is 15.0. The Morgan fingerprint density at radius 1 is 1.38 bits per heavy atom. The smallest absolute Gasteiger partial charge is 0.410 e. The number of rotatable bonds is 5. The molecule has 1 aromatic carbocycles. The van der Waals surface area contributed by atoms with Gasteiger partial charge in [-0.1, -0.05) is 0 Å². The maximum Gasteiger partial charge on any atom is 0.410 e. The molecule has 3 N–H and O–H groups in total. The van der Waals surface area contributed by atoms with Gasteiger partial charge in [-0.2, -0.15) is 4.37 Å². The van der Waals surface area contributed by atoms with Crippen LogP contribution < -0.4 is 15.8 Å². The molecule has 1 aliphatic heterocycles. The molecule has 2 amide bonds. The Morgan fingerprint density at radius 3 is 2.78 bits per heavy atom. The lowest BCUT2D eigenvalue weighted by molar-refractivity contribution is 0.0138. The molecule has 1 unspecified atom stereocenters. The second-order valence-corrected chi connectivity index (χ2v) is 9.66. The van der Waals surface area contributed by atoms with Crippen LogP contribution in [0.1, 0.15) is 49.7 Å². The summed E-state index contributed by atoms with van der Waals surface area (Å²) in [5.74, 6) is -0.860. The largest absolute Gasteiger partial charge is 0.490 e. The van der Waals surface area contributed by atoms with Gasteiger partial charge < -0.3 is 25.4 Å². The van der Waals surface area contributed by atoms with Gasteiger partial charge in [-0.05, 0) is 64.2 Å². The number of nitrogens with zero attached hydrogens (tertiary/aromatic N) is 2. The molecule has 2 aromatic rings. The van der Waals surface area contributed by atoms with Gasteiger partial charge in [0.1, 0.15) is 10.6 Å². The van der Waals surface area contributed by atoms with Crippen LogP contribution in [-0.4, -0.2) is 46.6 Å². The van der Waals surface area contributed by atoms with Crippen molar-refractivity contribution in [2.24, 2.45) is 5.92 Å². The van der Waals surface area contributed by atoms with E-state index in [2.05, 4.69) is 9.69 Å². The lowest BCUT2D eigenvalue weighted by Gasteiger charge is -2.34. The molecule has 1 aliphatic rings. The Bertz CT molecular complexity index is 969. The van der Waals surface area contributed by atoms with Crippen molar-refractivity contribution in [1.82, 2.24) is 9.27 Å². The van der Waals surface area contributed by atoms with Crippen LogP contribution in [0.5, 0.6) is 5.75 Å². The van der Waals surface area contributed by atoms with E-state index in [-0.39, 0.29) is 24.4 Å². The van der Waals surface area contributed by atoms with Crippen LogP contribution in [-0.2, 0) is 4.74 Å². The highest BCUT2D eigenvalue weighted by Crippen LogP contribution is 2.27. The average Bonchev–Trinajstić information content (AvgIpc) is 3.05. The van der Waals surface area contributed by atoms with Gasteiger partial charge in [-0.15, -0.1) is 0 Å². The van der Waals surface area contributed by atoms with Gasteiger partial charge in [-0.3, -0.25) is 4.79 Å². The zero-order valence-corrected chi connectivity index (χ0v) is 19.6. The monoisotopic (exact) mass is 464 g/mol. The minimum Gasteiger partial charge on any atom is -0.490 e. The molecule has 1 saturated heterocycles. The van der Waals surface area contributed by atoms with Crippen molar-refractivity contribution in [2.75, 3.05) is 30.7 Å². The zero-order valence-electron chi connectivity index (χ0n) is 18.7. The highest BCUT2D eigenvalue weighted by atomic mass is 32.1. The molecular formula is C22H29FN4O4S. The van der Waals surface area contributed by atoms with Crippen LogP contribution in [0.25, 0.3) is 0 Å². The predicted molar refractivity (Wildman–Crippen MR) is 122 cm³/mol. The number of carbonyl (C=O) groups excluding carboxylic acids is 2. The average molecular weight is 465 g/mol. The molecule has 1 atom stereocenters. The minimum absolute atomic E-state index is 0.0327. The number of ether oxygens (including phenoxy) is 2. The number of anilines is 2. The first kappa shape index (κ1) is 23.8. The van der Waals surface area contributed by atoms with Gasteiger partial charge in [0.05, 0.1) is 17.9 Å². The lowest BCUT2D eigenvalue weighted by atomic mass is 9.99. The van der Waals surface area contributed by atoms with Crippen molar-refractivity contribution in [3.05, 3.63) is 35.3 Å². The lowest BCUT2D eigenvalue weighted by Crippen LogP contribution is -2.44. The minimum atomic E-state index is -0.559. The number of nitrogens with two attached hydrogens (primary N) is 1. The van der Waals surface area contributed by atoms with Gasteiger partial charge in [0.2, 0.25) is 0 Å². The Kier molecular flexibility index (Phi) is 7.22. The van der Waals surface area contributed by atoms with Crippen molar-refractivity contribution in [3.63, 3.8) is 0 Å². The molecule has 32 heavy (non-hydrogen) atoms. The van der Waals surface area contributed by atoms with Gasteiger partial charge in [0.25, 0.3) is 5.91 Å². The fourth-order valence-electron chi connectivity index (χ4n) is 3.45. The van der Waals surface area contributed by atoms with Gasteiger partial charge in [-0.25, -0.2) is 9.18 Å².